The molecule has 2 aromatic rings. The van der Waals surface area contributed by atoms with E-state index in [1.165, 1.54) is 14.2 Å². The quantitative estimate of drug-likeness (QED) is 0.895. The van der Waals surface area contributed by atoms with Gasteiger partial charge in [-0.05, 0) is 43.2 Å². The highest BCUT2D eigenvalue weighted by Gasteiger charge is 2.30. The van der Waals surface area contributed by atoms with Crippen LogP contribution in [0.15, 0.2) is 42.5 Å². The van der Waals surface area contributed by atoms with Crippen molar-refractivity contribution in [2.24, 2.45) is 0 Å². The summed E-state index contributed by atoms with van der Waals surface area (Å²) in [5, 5.41) is 2.69. The Morgan fingerprint density at radius 1 is 1.12 bits per heavy atom. The van der Waals surface area contributed by atoms with Crippen LogP contribution in [-0.2, 0) is 11.2 Å². The number of nitrogens with one attached hydrogen (secondary N) is 1. The number of fused-ring (bicyclic) bond motifs is 1. The predicted octanol–water partition coefficient (Wildman–Crippen LogP) is 2.41. The van der Waals surface area contributed by atoms with Crippen molar-refractivity contribution in [1.82, 2.24) is 5.32 Å². The van der Waals surface area contributed by atoms with Crippen LogP contribution in [0.25, 0.3) is 0 Å². The van der Waals surface area contributed by atoms with Gasteiger partial charge in [0, 0.05) is 17.3 Å². The fraction of sp³-hybridized carbons (Fsp3) is 0.300. The van der Waals surface area contributed by atoms with Crippen LogP contribution in [0, 0.1) is 0 Å². The second-order valence-corrected chi connectivity index (χ2v) is 6.20. The normalized spacial score (nSPS) is 15.3. The molecule has 0 aliphatic carbocycles. The molecule has 136 valence electrons. The zero-order valence-electron chi connectivity index (χ0n) is 15.1. The SMILES string of the molecule is COc1ccc(C(=O)NCC(=O)N2c3ccccc3CC2C)cc1OC. The number of carbonyl (C=O) groups excluding carboxylic acids is 2. The smallest absolute Gasteiger partial charge is 0.251 e. The highest BCUT2D eigenvalue weighted by Crippen LogP contribution is 2.31. The molecule has 6 nitrogen and oxygen atoms in total. The molecular formula is C20H22N2O4. The number of rotatable bonds is 5. The van der Waals surface area contributed by atoms with Crippen molar-refractivity contribution in [3.8, 4) is 11.5 Å². The van der Waals surface area contributed by atoms with Crippen LogP contribution in [0.3, 0.4) is 0 Å². The second-order valence-electron chi connectivity index (χ2n) is 6.20. The Kier molecular flexibility index (Phi) is 5.11. The van der Waals surface area contributed by atoms with Gasteiger partial charge in [-0.15, -0.1) is 0 Å². The van der Waals surface area contributed by atoms with Gasteiger partial charge in [0.1, 0.15) is 0 Å². The van der Waals surface area contributed by atoms with E-state index < -0.39 is 0 Å². The molecule has 1 atom stereocenters. The number of methoxy groups -OCH3 is 2. The molecule has 6 heteroatoms. The Morgan fingerprint density at radius 2 is 1.85 bits per heavy atom. The van der Waals surface area contributed by atoms with E-state index in [1.807, 2.05) is 31.2 Å². The third-order valence-electron chi connectivity index (χ3n) is 4.52. The second kappa shape index (κ2) is 7.47. The fourth-order valence-corrected chi connectivity index (χ4v) is 3.27. The van der Waals surface area contributed by atoms with Crippen molar-refractivity contribution in [2.75, 3.05) is 25.7 Å². The number of para-hydroxylation sites is 1. The van der Waals surface area contributed by atoms with Gasteiger partial charge < -0.3 is 19.7 Å². The minimum absolute atomic E-state index is 0.0636. The Balaban J connectivity index is 1.67. The summed E-state index contributed by atoms with van der Waals surface area (Å²) in [5.41, 5.74) is 2.48. The maximum absolute atomic E-state index is 12.6. The van der Waals surface area contributed by atoms with E-state index in [-0.39, 0.29) is 24.4 Å². The fourth-order valence-electron chi connectivity index (χ4n) is 3.27. The van der Waals surface area contributed by atoms with Gasteiger partial charge in [-0.1, -0.05) is 18.2 Å². The van der Waals surface area contributed by atoms with Crippen molar-refractivity contribution in [3.63, 3.8) is 0 Å². The first kappa shape index (κ1) is 17.8. The minimum atomic E-state index is -0.334. The lowest BCUT2D eigenvalue weighted by Gasteiger charge is -2.23. The average Bonchev–Trinajstić information content (AvgIpc) is 3.00. The topological polar surface area (TPSA) is 67.9 Å². The van der Waals surface area contributed by atoms with Gasteiger partial charge in [0.25, 0.3) is 5.91 Å². The molecule has 0 saturated heterocycles. The van der Waals surface area contributed by atoms with E-state index in [2.05, 4.69) is 5.32 Å². The van der Waals surface area contributed by atoms with E-state index in [9.17, 15) is 9.59 Å². The number of amides is 2. The third-order valence-corrected chi connectivity index (χ3v) is 4.52. The molecule has 1 aliphatic heterocycles. The lowest BCUT2D eigenvalue weighted by atomic mass is 10.1. The minimum Gasteiger partial charge on any atom is -0.493 e. The highest BCUT2D eigenvalue weighted by atomic mass is 16.5. The van der Waals surface area contributed by atoms with E-state index in [4.69, 9.17) is 9.47 Å². The van der Waals surface area contributed by atoms with E-state index in [1.54, 1.807) is 23.1 Å². The molecule has 2 aromatic carbocycles. The molecule has 0 aromatic heterocycles. The molecule has 1 aliphatic rings. The average molecular weight is 354 g/mol. The molecule has 0 spiro atoms. The van der Waals surface area contributed by atoms with Gasteiger partial charge in [0.05, 0.1) is 20.8 Å². The number of nitrogens with zero attached hydrogens (tertiary/aromatic N) is 1. The van der Waals surface area contributed by atoms with Gasteiger partial charge in [-0.3, -0.25) is 9.59 Å². The summed E-state index contributed by atoms with van der Waals surface area (Å²) in [4.78, 5) is 26.8. The van der Waals surface area contributed by atoms with Crippen LogP contribution in [0.1, 0.15) is 22.8 Å². The Hall–Kier alpha value is -3.02. The number of anilines is 1. The lowest BCUT2D eigenvalue weighted by Crippen LogP contribution is -2.43. The van der Waals surface area contributed by atoms with Crippen molar-refractivity contribution in [2.45, 2.75) is 19.4 Å². The summed E-state index contributed by atoms with van der Waals surface area (Å²) < 4.78 is 10.4. The molecule has 0 bridgehead atoms. The summed E-state index contributed by atoms with van der Waals surface area (Å²) in [7, 11) is 3.04. The van der Waals surface area contributed by atoms with Crippen molar-refractivity contribution < 1.29 is 19.1 Å². The molecule has 2 amide bonds. The summed E-state index contributed by atoms with van der Waals surface area (Å²) in [5.74, 6) is 0.548. The van der Waals surface area contributed by atoms with Crippen molar-refractivity contribution >= 4 is 17.5 Å². The van der Waals surface area contributed by atoms with Crippen LogP contribution in [0.4, 0.5) is 5.69 Å². The molecule has 26 heavy (non-hydrogen) atoms. The largest absolute Gasteiger partial charge is 0.493 e. The van der Waals surface area contributed by atoms with Crippen LogP contribution < -0.4 is 19.7 Å². The monoisotopic (exact) mass is 354 g/mol. The Morgan fingerprint density at radius 3 is 2.58 bits per heavy atom. The summed E-state index contributed by atoms with van der Waals surface area (Å²) in [6.45, 7) is 1.94. The van der Waals surface area contributed by atoms with E-state index >= 15 is 0 Å². The summed E-state index contributed by atoms with van der Waals surface area (Å²) >= 11 is 0. The molecule has 0 radical (unpaired) electrons. The molecule has 1 unspecified atom stereocenters. The molecular weight excluding hydrogens is 332 g/mol. The van der Waals surface area contributed by atoms with Crippen LogP contribution in [-0.4, -0.2) is 38.6 Å². The van der Waals surface area contributed by atoms with Crippen LogP contribution in [0.5, 0.6) is 11.5 Å². The molecule has 0 fully saturated rings. The Bertz CT molecular complexity index is 834. The first-order chi connectivity index (χ1) is 12.5. The standard InChI is InChI=1S/C20H22N2O4/c1-13-10-14-6-4-5-7-16(14)22(13)19(23)12-21-20(24)15-8-9-17(25-2)18(11-15)26-3/h4-9,11,13H,10,12H2,1-3H3,(H,21,24). The predicted molar refractivity (Wildman–Crippen MR) is 99.0 cm³/mol. The zero-order chi connectivity index (χ0) is 18.7. The first-order valence-electron chi connectivity index (χ1n) is 8.45. The third kappa shape index (κ3) is 3.35. The molecule has 0 saturated carbocycles. The molecule has 1 N–H and O–H groups in total. The van der Waals surface area contributed by atoms with Crippen molar-refractivity contribution in [1.29, 1.82) is 0 Å². The number of carbonyl (C=O) groups is 2. The van der Waals surface area contributed by atoms with E-state index in [0.717, 1.165) is 17.7 Å². The number of ether oxygens (including phenoxy) is 2. The summed E-state index contributed by atoms with van der Waals surface area (Å²) in [6, 6.07) is 12.8. The van der Waals surface area contributed by atoms with Gasteiger partial charge in [0.2, 0.25) is 5.91 Å². The van der Waals surface area contributed by atoms with Gasteiger partial charge in [-0.25, -0.2) is 0 Å². The maximum Gasteiger partial charge on any atom is 0.251 e. The Labute approximate surface area is 152 Å². The number of hydrogen-bond acceptors (Lipinski definition) is 4. The van der Waals surface area contributed by atoms with Crippen LogP contribution in [0.2, 0.25) is 0 Å². The maximum atomic E-state index is 12.6. The number of benzene rings is 2. The van der Waals surface area contributed by atoms with Gasteiger partial charge >= 0.3 is 0 Å². The number of hydrogen-bond donors (Lipinski definition) is 1. The lowest BCUT2D eigenvalue weighted by molar-refractivity contribution is -0.118. The summed E-state index contributed by atoms with van der Waals surface area (Å²) in [6.07, 6.45) is 0.825. The van der Waals surface area contributed by atoms with Gasteiger partial charge in [0.15, 0.2) is 11.5 Å². The molecule has 1 heterocycles. The zero-order valence-corrected chi connectivity index (χ0v) is 15.1. The first-order valence-corrected chi connectivity index (χ1v) is 8.45. The van der Waals surface area contributed by atoms with E-state index in [0.29, 0.717) is 17.1 Å². The van der Waals surface area contributed by atoms with Gasteiger partial charge in [-0.2, -0.15) is 0 Å². The van der Waals surface area contributed by atoms with Crippen LogP contribution >= 0.6 is 0 Å². The highest BCUT2D eigenvalue weighted by molar-refractivity contribution is 6.01. The molecule has 3 rings (SSSR count). The van der Waals surface area contributed by atoms with Crippen molar-refractivity contribution in [3.05, 3.63) is 53.6 Å².